The number of hydrogen-bond acceptors (Lipinski definition) is 7. The number of nitrogens with zero attached hydrogens (tertiary/aromatic N) is 2. The second-order valence-corrected chi connectivity index (χ2v) is 7.73. The molecule has 0 aromatic heterocycles. The number of rotatable bonds is 5. The van der Waals surface area contributed by atoms with E-state index < -0.39 is 34.4 Å². The van der Waals surface area contributed by atoms with Crippen LogP contribution in [0, 0.1) is 5.41 Å². The Kier molecular flexibility index (Phi) is 3.51. The third-order valence-corrected chi connectivity index (χ3v) is 5.56. The minimum Gasteiger partial charge on any atom is -0.311 e. The van der Waals surface area contributed by atoms with Crippen molar-refractivity contribution >= 4 is 22.3 Å². The highest BCUT2D eigenvalue weighted by Crippen LogP contribution is 2.59. The Bertz CT molecular complexity index is 675. The Morgan fingerprint density at radius 2 is 2.08 bits per heavy atom. The van der Waals surface area contributed by atoms with Gasteiger partial charge in [-0.1, -0.05) is 0 Å². The van der Waals surface area contributed by atoms with Crippen molar-refractivity contribution in [2.75, 3.05) is 19.6 Å². The molecule has 3 heterocycles. The summed E-state index contributed by atoms with van der Waals surface area (Å²) < 4.78 is 35.3. The van der Waals surface area contributed by atoms with Gasteiger partial charge >= 0.3 is 16.4 Å². The zero-order valence-corrected chi connectivity index (χ0v) is 13.5. The molecule has 0 aromatic carbocycles. The number of fused-ring (bicyclic) bond motifs is 3. The molecule has 134 valence electrons. The van der Waals surface area contributed by atoms with Gasteiger partial charge in [-0.15, -0.1) is 4.28 Å². The molecule has 4 rings (SSSR count). The molecular weight excluding hydrogens is 344 g/mol. The fourth-order valence-corrected chi connectivity index (χ4v) is 3.98. The van der Waals surface area contributed by atoms with Crippen LogP contribution in [0.5, 0.6) is 0 Å². The monoisotopic (exact) mass is 362 g/mol. The number of piperidine rings is 1. The van der Waals surface area contributed by atoms with E-state index in [9.17, 15) is 18.0 Å². The molecule has 4 fully saturated rings. The van der Waals surface area contributed by atoms with Gasteiger partial charge in [0.25, 0.3) is 5.91 Å². The number of hydroxylamine groups is 3. The number of carbonyl (C=O) groups is 2. The molecule has 1 spiro atoms. The van der Waals surface area contributed by atoms with Gasteiger partial charge in [0.2, 0.25) is 0 Å². The minimum atomic E-state index is -4.81. The topological polar surface area (TPSA) is 138 Å². The molecule has 24 heavy (non-hydrogen) atoms. The van der Waals surface area contributed by atoms with Crippen molar-refractivity contribution in [1.29, 1.82) is 0 Å². The Labute approximate surface area is 138 Å². The van der Waals surface area contributed by atoms with Crippen molar-refractivity contribution < 1.29 is 31.7 Å². The van der Waals surface area contributed by atoms with E-state index in [4.69, 9.17) is 9.39 Å². The third kappa shape index (κ3) is 2.63. The molecule has 3 aliphatic heterocycles. The van der Waals surface area contributed by atoms with Crippen LogP contribution < -0.4 is 10.8 Å². The van der Waals surface area contributed by atoms with Crippen LogP contribution in [-0.4, -0.2) is 72.7 Å². The third-order valence-electron chi connectivity index (χ3n) is 5.21. The van der Waals surface area contributed by atoms with Crippen LogP contribution in [-0.2, 0) is 24.3 Å². The first kappa shape index (κ1) is 16.0. The average Bonchev–Trinajstić information content (AvgIpc) is 3.16. The van der Waals surface area contributed by atoms with Crippen molar-refractivity contribution in [1.82, 2.24) is 20.8 Å². The van der Waals surface area contributed by atoms with Gasteiger partial charge in [-0.3, -0.25) is 14.2 Å². The molecule has 1 saturated carbocycles. The van der Waals surface area contributed by atoms with E-state index in [0.29, 0.717) is 24.6 Å². The van der Waals surface area contributed by atoms with Crippen molar-refractivity contribution in [3.8, 4) is 0 Å². The van der Waals surface area contributed by atoms with Gasteiger partial charge in [-0.05, 0) is 24.7 Å². The fraction of sp³-hybridized carbons (Fsp3) is 0.833. The molecule has 2 unspecified atom stereocenters. The van der Waals surface area contributed by atoms with E-state index in [1.165, 1.54) is 4.90 Å². The van der Waals surface area contributed by atoms with E-state index in [2.05, 4.69) is 15.1 Å². The van der Waals surface area contributed by atoms with Crippen LogP contribution in [0.3, 0.4) is 0 Å². The highest BCUT2D eigenvalue weighted by molar-refractivity contribution is 7.80. The Morgan fingerprint density at radius 3 is 2.62 bits per heavy atom. The molecule has 0 radical (unpaired) electrons. The summed E-state index contributed by atoms with van der Waals surface area (Å²) in [5.41, 5.74) is 2.03. The molecule has 3 saturated heterocycles. The van der Waals surface area contributed by atoms with Crippen molar-refractivity contribution in [3.63, 3.8) is 0 Å². The lowest BCUT2D eigenvalue weighted by Gasteiger charge is -2.36. The lowest BCUT2D eigenvalue weighted by atomic mass is 9.85. The predicted molar refractivity (Wildman–Crippen MR) is 76.3 cm³/mol. The van der Waals surface area contributed by atoms with Crippen LogP contribution in [0.15, 0.2) is 0 Å². The summed E-state index contributed by atoms with van der Waals surface area (Å²) in [4.78, 5) is 31.3. The van der Waals surface area contributed by atoms with Gasteiger partial charge in [0.05, 0.1) is 6.04 Å². The second kappa shape index (κ2) is 5.26. The van der Waals surface area contributed by atoms with Gasteiger partial charge in [-0.2, -0.15) is 13.5 Å². The standard InChI is InChI=1S/C12H18N4O7S/c17-10(14-22-7-4-13-5-7)8-3-12(1-2-12)9-6-15(8)11(18)16(9)23-24(19,20)21/h7-9,13H,1-6H2,(H,14,17)(H,19,20,21). The van der Waals surface area contributed by atoms with E-state index >= 15 is 0 Å². The molecule has 2 bridgehead atoms. The molecule has 1 aliphatic carbocycles. The maximum absolute atomic E-state index is 12.4. The zero-order valence-electron chi connectivity index (χ0n) is 12.7. The number of carbonyl (C=O) groups excluding carboxylic acids is 2. The minimum absolute atomic E-state index is 0.0891. The Morgan fingerprint density at radius 1 is 1.38 bits per heavy atom. The number of amides is 3. The van der Waals surface area contributed by atoms with Gasteiger partial charge in [0.15, 0.2) is 0 Å². The zero-order chi connectivity index (χ0) is 17.1. The maximum Gasteiger partial charge on any atom is 0.418 e. The summed E-state index contributed by atoms with van der Waals surface area (Å²) in [6.07, 6.45) is 1.85. The Hall–Kier alpha value is -1.47. The Balaban J connectivity index is 1.50. The first-order valence-corrected chi connectivity index (χ1v) is 9.09. The first-order chi connectivity index (χ1) is 11.3. The fourth-order valence-electron chi connectivity index (χ4n) is 3.61. The molecule has 3 amide bonds. The van der Waals surface area contributed by atoms with E-state index in [-0.39, 0.29) is 18.1 Å². The van der Waals surface area contributed by atoms with Gasteiger partial charge in [0, 0.05) is 19.6 Å². The van der Waals surface area contributed by atoms with Gasteiger partial charge < -0.3 is 10.2 Å². The van der Waals surface area contributed by atoms with E-state index in [1.807, 2.05) is 0 Å². The maximum atomic E-state index is 12.4. The van der Waals surface area contributed by atoms with E-state index in [1.54, 1.807) is 0 Å². The first-order valence-electron chi connectivity index (χ1n) is 7.72. The normalized spacial score (nSPS) is 31.3. The van der Waals surface area contributed by atoms with Crippen molar-refractivity contribution in [2.24, 2.45) is 5.41 Å². The molecule has 3 N–H and O–H groups in total. The number of nitrogens with one attached hydrogen (secondary N) is 2. The lowest BCUT2D eigenvalue weighted by molar-refractivity contribution is -0.147. The summed E-state index contributed by atoms with van der Waals surface area (Å²) >= 11 is 0. The highest BCUT2D eigenvalue weighted by atomic mass is 32.3. The van der Waals surface area contributed by atoms with Crippen LogP contribution in [0.1, 0.15) is 19.3 Å². The SMILES string of the molecule is O=C(NOC1CNC1)C1CC2(CC2)C2CN1C(=O)N2OS(=O)(=O)O. The van der Waals surface area contributed by atoms with Crippen molar-refractivity contribution in [2.45, 2.75) is 37.5 Å². The average molecular weight is 362 g/mol. The summed E-state index contributed by atoms with van der Waals surface area (Å²) in [5, 5.41) is 3.69. The molecular formula is C12H18N4O7S. The molecule has 0 aromatic rings. The number of urea groups is 1. The van der Waals surface area contributed by atoms with E-state index in [0.717, 1.165) is 12.8 Å². The summed E-state index contributed by atoms with van der Waals surface area (Å²) in [7, 11) is -4.81. The van der Waals surface area contributed by atoms with Crippen molar-refractivity contribution in [3.05, 3.63) is 0 Å². The highest BCUT2D eigenvalue weighted by Gasteiger charge is 2.65. The molecule has 2 atom stereocenters. The summed E-state index contributed by atoms with van der Waals surface area (Å²) in [6.45, 7) is 1.47. The summed E-state index contributed by atoms with van der Waals surface area (Å²) in [6, 6.07) is -1.99. The molecule has 11 nitrogen and oxygen atoms in total. The predicted octanol–water partition coefficient (Wildman–Crippen LogP) is -1.60. The molecule has 4 aliphatic rings. The largest absolute Gasteiger partial charge is 0.418 e. The van der Waals surface area contributed by atoms with Gasteiger partial charge in [-0.25, -0.2) is 10.3 Å². The van der Waals surface area contributed by atoms with Crippen LogP contribution in [0.2, 0.25) is 0 Å². The van der Waals surface area contributed by atoms with Gasteiger partial charge in [0.1, 0.15) is 12.1 Å². The smallest absolute Gasteiger partial charge is 0.311 e. The van der Waals surface area contributed by atoms with Crippen LogP contribution in [0.4, 0.5) is 4.79 Å². The number of hydrogen-bond donors (Lipinski definition) is 3. The molecule has 12 heteroatoms. The second-order valence-electron chi connectivity index (χ2n) is 6.73. The summed E-state index contributed by atoms with van der Waals surface area (Å²) in [5.74, 6) is -0.436. The lowest BCUT2D eigenvalue weighted by Crippen LogP contribution is -2.56. The van der Waals surface area contributed by atoms with Crippen LogP contribution >= 0.6 is 0 Å². The quantitative estimate of drug-likeness (QED) is 0.393. The van der Waals surface area contributed by atoms with Crippen LogP contribution in [0.25, 0.3) is 0 Å².